The Hall–Kier alpha value is -2.83. The van der Waals surface area contributed by atoms with E-state index in [9.17, 15) is 14.4 Å². The molecule has 3 amide bonds. The van der Waals surface area contributed by atoms with E-state index in [2.05, 4.69) is 24.1 Å². The Morgan fingerprint density at radius 3 is 2.23 bits per heavy atom. The fourth-order valence-electron chi connectivity index (χ4n) is 3.93. The smallest absolute Gasteiger partial charge is 0.408 e. The number of ether oxygens (including phenoxy) is 1. The molecule has 0 saturated carbocycles. The molecule has 0 aliphatic heterocycles. The number of aryl methyl sites for hydroxylation is 2. The molecule has 3 atom stereocenters. The first-order valence-corrected chi connectivity index (χ1v) is 12.6. The molecule has 35 heavy (non-hydrogen) atoms. The summed E-state index contributed by atoms with van der Waals surface area (Å²) in [5.41, 5.74) is 1.93. The predicted molar refractivity (Wildman–Crippen MR) is 141 cm³/mol. The van der Waals surface area contributed by atoms with Crippen LogP contribution in [0.2, 0.25) is 0 Å². The summed E-state index contributed by atoms with van der Waals surface area (Å²) < 4.78 is 5.43. The van der Waals surface area contributed by atoms with Crippen molar-refractivity contribution in [1.29, 1.82) is 0 Å². The molecule has 7 heteroatoms. The van der Waals surface area contributed by atoms with Crippen LogP contribution in [0.1, 0.15) is 83.5 Å². The molecule has 0 spiro atoms. The van der Waals surface area contributed by atoms with E-state index in [-0.39, 0.29) is 24.3 Å². The minimum Gasteiger partial charge on any atom is -0.444 e. The molecular formula is C28H45N3O4. The topological polar surface area (TPSA) is 87.7 Å². The number of carbonyl (C=O) groups excluding carboxylic acids is 3. The first-order valence-electron chi connectivity index (χ1n) is 12.6. The maximum Gasteiger partial charge on any atom is 0.408 e. The van der Waals surface area contributed by atoms with Crippen LogP contribution in [0.5, 0.6) is 0 Å². The van der Waals surface area contributed by atoms with E-state index in [0.29, 0.717) is 13.0 Å². The molecule has 2 N–H and O–H groups in total. The zero-order valence-corrected chi connectivity index (χ0v) is 22.9. The molecule has 196 valence electrons. The molecule has 1 rings (SSSR count). The molecule has 0 radical (unpaired) electrons. The largest absolute Gasteiger partial charge is 0.444 e. The van der Waals surface area contributed by atoms with E-state index in [1.807, 2.05) is 45.9 Å². The van der Waals surface area contributed by atoms with Gasteiger partial charge >= 0.3 is 6.09 Å². The lowest BCUT2D eigenvalue weighted by atomic mass is 9.92. The highest BCUT2D eigenvalue weighted by atomic mass is 16.6. The van der Waals surface area contributed by atoms with E-state index in [4.69, 9.17) is 4.74 Å². The third-order valence-electron chi connectivity index (χ3n) is 5.97. The summed E-state index contributed by atoms with van der Waals surface area (Å²) in [5.74, 6) is -0.765. The van der Waals surface area contributed by atoms with Gasteiger partial charge in [0.05, 0.1) is 0 Å². The molecule has 0 fully saturated rings. The maximum absolute atomic E-state index is 14.0. The van der Waals surface area contributed by atoms with Crippen LogP contribution in [-0.4, -0.2) is 47.5 Å². The number of benzene rings is 1. The number of rotatable bonds is 12. The third-order valence-corrected chi connectivity index (χ3v) is 5.97. The lowest BCUT2D eigenvalue weighted by Gasteiger charge is -2.36. The Bertz CT molecular complexity index is 855. The predicted octanol–water partition coefficient (Wildman–Crippen LogP) is 5.21. The quantitative estimate of drug-likeness (QED) is 0.313. The highest BCUT2D eigenvalue weighted by molar-refractivity contribution is 5.92. The van der Waals surface area contributed by atoms with Gasteiger partial charge in [0, 0.05) is 13.1 Å². The molecule has 1 aromatic rings. The summed E-state index contributed by atoms with van der Waals surface area (Å²) in [5, 5.41) is 5.78. The van der Waals surface area contributed by atoms with Gasteiger partial charge < -0.3 is 20.3 Å². The van der Waals surface area contributed by atoms with Crippen LogP contribution in [-0.2, 0) is 14.3 Å². The van der Waals surface area contributed by atoms with Crippen LogP contribution in [0.4, 0.5) is 4.79 Å². The van der Waals surface area contributed by atoms with Gasteiger partial charge in [-0.05, 0) is 63.6 Å². The second kappa shape index (κ2) is 13.9. The van der Waals surface area contributed by atoms with Crippen molar-refractivity contribution in [2.75, 3.05) is 13.1 Å². The van der Waals surface area contributed by atoms with Gasteiger partial charge in [0.1, 0.15) is 17.7 Å². The van der Waals surface area contributed by atoms with E-state index < -0.39 is 23.8 Å². The summed E-state index contributed by atoms with van der Waals surface area (Å²) in [4.78, 5) is 41.8. The second-order valence-electron chi connectivity index (χ2n) is 10.1. The molecule has 3 unspecified atom stereocenters. The van der Waals surface area contributed by atoms with E-state index in [1.54, 1.807) is 26.8 Å². The first kappa shape index (κ1) is 30.2. The highest BCUT2D eigenvalue weighted by Crippen LogP contribution is 2.29. The Morgan fingerprint density at radius 1 is 1.14 bits per heavy atom. The van der Waals surface area contributed by atoms with Crippen LogP contribution < -0.4 is 10.6 Å². The van der Waals surface area contributed by atoms with Gasteiger partial charge in [-0.3, -0.25) is 9.59 Å². The summed E-state index contributed by atoms with van der Waals surface area (Å²) in [6.07, 6.45) is 3.39. The Balaban J connectivity index is 3.52. The lowest BCUT2D eigenvalue weighted by molar-refractivity contribution is -0.142. The van der Waals surface area contributed by atoms with Gasteiger partial charge in [0.25, 0.3) is 0 Å². The second-order valence-corrected chi connectivity index (χ2v) is 10.1. The van der Waals surface area contributed by atoms with Gasteiger partial charge in [-0.25, -0.2) is 4.79 Å². The molecule has 1 aromatic carbocycles. The van der Waals surface area contributed by atoms with Crippen molar-refractivity contribution < 1.29 is 19.1 Å². The average Bonchev–Trinajstić information content (AvgIpc) is 2.76. The average molecular weight is 488 g/mol. The molecular weight excluding hydrogens is 442 g/mol. The summed E-state index contributed by atoms with van der Waals surface area (Å²) in [6.45, 7) is 19.6. The standard InChI is InChI=1S/C28H45N3O4/c1-10-13-17-29-25(32)24(22-20(5)15-14-16-21(22)6)31(18-11-2)26(33)23(19(4)12-3)30-27(34)35-28(7,8)9/h11,14-16,19,23-24H,2,10,12-13,17-18H2,1,3-9H3,(H,29,32)(H,30,34). The van der Waals surface area contributed by atoms with E-state index >= 15 is 0 Å². The van der Waals surface area contributed by atoms with Crippen LogP contribution in [0.25, 0.3) is 0 Å². The minimum absolute atomic E-state index is 0.154. The van der Waals surface area contributed by atoms with Crippen molar-refractivity contribution in [1.82, 2.24) is 15.5 Å². The molecule has 0 aliphatic rings. The van der Waals surface area contributed by atoms with Crippen molar-refractivity contribution in [3.8, 4) is 0 Å². The summed E-state index contributed by atoms with van der Waals surface area (Å²) >= 11 is 0. The lowest BCUT2D eigenvalue weighted by Crippen LogP contribution is -2.55. The maximum atomic E-state index is 14.0. The van der Waals surface area contributed by atoms with Crippen molar-refractivity contribution >= 4 is 17.9 Å². The SMILES string of the molecule is C=CCN(C(=O)C(NC(=O)OC(C)(C)C)C(C)CC)C(C(=O)NCCCC)c1c(C)cccc1C. The van der Waals surface area contributed by atoms with Crippen LogP contribution in [0.15, 0.2) is 30.9 Å². The van der Waals surface area contributed by atoms with Gasteiger partial charge in [-0.1, -0.05) is 57.9 Å². The van der Waals surface area contributed by atoms with Crippen molar-refractivity contribution in [2.24, 2.45) is 5.92 Å². The number of alkyl carbamates (subject to hydrolysis) is 1. The number of carbonyl (C=O) groups is 3. The number of hydrogen-bond donors (Lipinski definition) is 2. The van der Waals surface area contributed by atoms with Gasteiger partial charge in [-0.15, -0.1) is 6.58 Å². The normalized spacial score (nSPS) is 13.8. The van der Waals surface area contributed by atoms with Gasteiger partial charge in [-0.2, -0.15) is 0 Å². The summed E-state index contributed by atoms with van der Waals surface area (Å²) in [7, 11) is 0. The van der Waals surface area contributed by atoms with Crippen molar-refractivity contribution in [3.05, 3.63) is 47.5 Å². The molecule has 0 bridgehead atoms. The number of unbranched alkanes of at least 4 members (excludes halogenated alkanes) is 1. The van der Waals surface area contributed by atoms with E-state index in [1.165, 1.54) is 4.90 Å². The molecule has 0 heterocycles. The van der Waals surface area contributed by atoms with E-state index in [0.717, 1.165) is 29.5 Å². The Morgan fingerprint density at radius 2 is 1.74 bits per heavy atom. The number of nitrogens with one attached hydrogen (secondary N) is 2. The van der Waals surface area contributed by atoms with Gasteiger partial charge in [0.15, 0.2) is 0 Å². The highest BCUT2D eigenvalue weighted by Gasteiger charge is 2.38. The first-order chi connectivity index (χ1) is 16.4. The Labute approximate surface area is 211 Å². The minimum atomic E-state index is -0.856. The van der Waals surface area contributed by atoms with Crippen LogP contribution in [0, 0.1) is 19.8 Å². The van der Waals surface area contributed by atoms with Crippen LogP contribution >= 0.6 is 0 Å². The molecule has 0 saturated heterocycles. The summed E-state index contributed by atoms with van der Waals surface area (Å²) in [6, 6.07) is 4.11. The van der Waals surface area contributed by atoms with Gasteiger partial charge in [0.2, 0.25) is 11.8 Å². The zero-order chi connectivity index (χ0) is 26.8. The third kappa shape index (κ3) is 9.04. The number of hydrogen-bond acceptors (Lipinski definition) is 4. The van der Waals surface area contributed by atoms with Crippen molar-refractivity contribution in [2.45, 2.75) is 92.3 Å². The van der Waals surface area contributed by atoms with Crippen LogP contribution in [0.3, 0.4) is 0 Å². The Kier molecular flexibility index (Phi) is 12.0. The number of nitrogens with zero attached hydrogens (tertiary/aromatic N) is 1. The number of amides is 3. The molecule has 0 aromatic heterocycles. The molecule has 7 nitrogen and oxygen atoms in total. The zero-order valence-electron chi connectivity index (χ0n) is 22.9. The molecule has 0 aliphatic carbocycles. The monoisotopic (exact) mass is 487 g/mol. The fraction of sp³-hybridized carbons (Fsp3) is 0.607. The fourth-order valence-corrected chi connectivity index (χ4v) is 3.93. The van der Waals surface area contributed by atoms with Crippen molar-refractivity contribution in [3.63, 3.8) is 0 Å².